The van der Waals surface area contributed by atoms with Crippen LogP contribution >= 0.6 is 11.6 Å². The van der Waals surface area contributed by atoms with E-state index in [4.69, 9.17) is 16.3 Å². The highest BCUT2D eigenvalue weighted by Gasteiger charge is 2.32. The zero-order valence-corrected chi connectivity index (χ0v) is 13.5. The van der Waals surface area contributed by atoms with Gasteiger partial charge in [0.1, 0.15) is 6.10 Å². The van der Waals surface area contributed by atoms with Crippen LogP contribution in [-0.4, -0.2) is 31.3 Å². The van der Waals surface area contributed by atoms with E-state index in [-0.39, 0.29) is 6.54 Å². The average Bonchev–Trinajstić information content (AvgIpc) is 2.97. The van der Waals surface area contributed by atoms with Gasteiger partial charge in [-0.25, -0.2) is 9.59 Å². The van der Waals surface area contributed by atoms with Crippen molar-refractivity contribution in [3.8, 4) is 0 Å². The number of hydrogen-bond donors (Lipinski definition) is 2. The van der Waals surface area contributed by atoms with Crippen molar-refractivity contribution < 1.29 is 14.3 Å². The van der Waals surface area contributed by atoms with Crippen LogP contribution in [-0.2, 0) is 4.74 Å². The number of amides is 3. The molecule has 1 aliphatic heterocycles. The lowest BCUT2D eigenvalue weighted by atomic mass is 10.3. The fourth-order valence-electron chi connectivity index (χ4n) is 2.38. The molecule has 1 saturated heterocycles. The zero-order chi connectivity index (χ0) is 16.9. The van der Waals surface area contributed by atoms with Crippen LogP contribution in [0.4, 0.5) is 21.0 Å². The second-order valence-corrected chi connectivity index (χ2v) is 5.67. The van der Waals surface area contributed by atoms with Gasteiger partial charge in [-0.1, -0.05) is 41.9 Å². The standard InChI is InChI=1S/C17H16ClN3O3/c18-14-8-4-5-9-15(14)20-16(22)19-10-13-11-21(17(23)24-13)12-6-2-1-3-7-12/h1-9,13H,10-11H2,(H2,19,20,22). The van der Waals surface area contributed by atoms with Gasteiger partial charge in [0.05, 0.1) is 23.8 Å². The Labute approximate surface area is 144 Å². The second-order valence-electron chi connectivity index (χ2n) is 5.27. The molecule has 7 heteroatoms. The number of carbonyl (C=O) groups excluding carboxylic acids is 2. The van der Waals surface area contributed by atoms with E-state index in [1.165, 1.54) is 4.90 Å². The second kappa shape index (κ2) is 7.23. The number of carbonyl (C=O) groups is 2. The Morgan fingerprint density at radius 3 is 2.62 bits per heavy atom. The molecule has 1 aliphatic rings. The van der Waals surface area contributed by atoms with Crippen molar-refractivity contribution in [2.75, 3.05) is 23.3 Å². The molecule has 1 atom stereocenters. The number of para-hydroxylation sites is 2. The summed E-state index contributed by atoms with van der Waals surface area (Å²) in [6.07, 6.45) is -0.825. The van der Waals surface area contributed by atoms with Crippen LogP contribution in [0.1, 0.15) is 0 Å². The Morgan fingerprint density at radius 2 is 1.88 bits per heavy atom. The maximum Gasteiger partial charge on any atom is 0.414 e. The number of hydrogen-bond acceptors (Lipinski definition) is 3. The Balaban J connectivity index is 1.52. The number of nitrogens with zero attached hydrogens (tertiary/aromatic N) is 1. The van der Waals surface area contributed by atoms with E-state index in [0.29, 0.717) is 17.3 Å². The summed E-state index contributed by atoms with van der Waals surface area (Å²) in [5.74, 6) is 0. The molecule has 2 aromatic carbocycles. The number of halogens is 1. The Hall–Kier alpha value is -2.73. The van der Waals surface area contributed by atoms with E-state index in [9.17, 15) is 9.59 Å². The summed E-state index contributed by atoms with van der Waals surface area (Å²) in [7, 11) is 0. The molecule has 6 nitrogen and oxygen atoms in total. The smallest absolute Gasteiger partial charge is 0.414 e. The average molecular weight is 346 g/mol. The third-order valence-electron chi connectivity index (χ3n) is 3.55. The summed E-state index contributed by atoms with van der Waals surface area (Å²) in [4.78, 5) is 25.4. The quantitative estimate of drug-likeness (QED) is 0.891. The molecule has 2 aromatic rings. The highest BCUT2D eigenvalue weighted by Crippen LogP contribution is 2.21. The number of anilines is 2. The first-order chi connectivity index (χ1) is 11.6. The molecule has 0 radical (unpaired) electrons. The van der Waals surface area contributed by atoms with E-state index in [1.807, 2.05) is 30.3 Å². The Bertz CT molecular complexity index is 739. The molecule has 1 unspecified atom stereocenters. The molecule has 0 bridgehead atoms. The SMILES string of the molecule is O=C(NCC1CN(c2ccccc2)C(=O)O1)Nc1ccccc1Cl. The maximum atomic E-state index is 11.9. The van der Waals surface area contributed by atoms with Crippen molar-refractivity contribution in [2.24, 2.45) is 0 Å². The lowest BCUT2D eigenvalue weighted by Gasteiger charge is -2.13. The van der Waals surface area contributed by atoms with Gasteiger partial charge in [0, 0.05) is 5.69 Å². The molecule has 0 spiro atoms. The minimum absolute atomic E-state index is 0.214. The van der Waals surface area contributed by atoms with Crippen LogP contribution in [0.25, 0.3) is 0 Å². The molecule has 1 fully saturated rings. The monoisotopic (exact) mass is 345 g/mol. The van der Waals surface area contributed by atoms with Gasteiger partial charge in [-0.05, 0) is 24.3 Å². The third-order valence-corrected chi connectivity index (χ3v) is 3.88. The van der Waals surface area contributed by atoms with Gasteiger partial charge < -0.3 is 15.4 Å². The van der Waals surface area contributed by atoms with Crippen LogP contribution in [0, 0.1) is 0 Å². The van der Waals surface area contributed by atoms with E-state index in [2.05, 4.69) is 10.6 Å². The number of ether oxygens (including phenoxy) is 1. The molecule has 2 N–H and O–H groups in total. The zero-order valence-electron chi connectivity index (χ0n) is 12.7. The number of benzene rings is 2. The van der Waals surface area contributed by atoms with Crippen molar-refractivity contribution in [2.45, 2.75) is 6.10 Å². The van der Waals surface area contributed by atoms with Gasteiger partial charge in [0.15, 0.2) is 0 Å². The largest absolute Gasteiger partial charge is 0.442 e. The maximum absolute atomic E-state index is 11.9. The van der Waals surface area contributed by atoms with Crippen molar-refractivity contribution in [3.05, 3.63) is 59.6 Å². The number of nitrogens with one attached hydrogen (secondary N) is 2. The fraction of sp³-hybridized carbons (Fsp3) is 0.176. The van der Waals surface area contributed by atoms with Crippen molar-refractivity contribution in [3.63, 3.8) is 0 Å². The summed E-state index contributed by atoms with van der Waals surface area (Å²) < 4.78 is 5.27. The first kappa shape index (κ1) is 16.1. The van der Waals surface area contributed by atoms with E-state index in [1.54, 1.807) is 24.3 Å². The molecule has 3 amide bonds. The summed E-state index contributed by atoms with van der Waals surface area (Å²) >= 11 is 5.98. The lowest BCUT2D eigenvalue weighted by Crippen LogP contribution is -2.37. The molecular formula is C17H16ClN3O3. The highest BCUT2D eigenvalue weighted by atomic mass is 35.5. The number of urea groups is 1. The van der Waals surface area contributed by atoms with Gasteiger partial charge in [-0.3, -0.25) is 4.90 Å². The third kappa shape index (κ3) is 3.78. The number of rotatable bonds is 4. The topological polar surface area (TPSA) is 70.7 Å². The normalized spacial score (nSPS) is 16.6. The van der Waals surface area contributed by atoms with Crippen LogP contribution in [0.2, 0.25) is 5.02 Å². The molecular weight excluding hydrogens is 330 g/mol. The molecule has 3 rings (SSSR count). The molecule has 1 heterocycles. The van der Waals surface area contributed by atoms with Gasteiger partial charge in [0.2, 0.25) is 0 Å². The van der Waals surface area contributed by atoms with Gasteiger partial charge in [-0.15, -0.1) is 0 Å². The molecule has 124 valence electrons. The predicted molar refractivity (Wildman–Crippen MR) is 92.5 cm³/mol. The van der Waals surface area contributed by atoms with E-state index < -0.39 is 18.2 Å². The summed E-state index contributed by atoms with van der Waals surface area (Å²) in [5.41, 5.74) is 1.29. The van der Waals surface area contributed by atoms with E-state index in [0.717, 1.165) is 5.69 Å². The molecule has 0 saturated carbocycles. The molecule has 0 aliphatic carbocycles. The molecule has 0 aromatic heterocycles. The fourth-order valence-corrected chi connectivity index (χ4v) is 2.57. The Morgan fingerprint density at radius 1 is 1.17 bits per heavy atom. The predicted octanol–water partition coefficient (Wildman–Crippen LogP) is 3.49. The van der Waals surface area contributed by atoms with Crippen molar-refractivity contribution in [1.29, 1.82) is 0 Å². The number of cyclic esters (lactones) is 1. The van der Waals surface area contributed by atoms with Crippen LogP contribution < -0.4 is 15.5 Å². The van der Waals surface area contributed by atoms with Crippen LogP contribution in [0.3, 0.4) is 0 Å². The minimum atomic E-state index is -0.417. The molecule has 24 heavy (non-hydrogen) atoms. The minimum Gasteiger partial charge on any atom is -0.442 e. The van der Waals surface area contributed by atoms with Crippen molar-refractivity contribution in [1.82, 2.24) is 5.32 Å². The van der Waals surface area contributed by atoms with Gasteiger partial charge in [0.25, 0.3) is 0 Å². The first-order valence-corrected chi connectivity index (χ1v) is 7.84. The van der Waals surface area contributed by atoms with Crippen LogP contribution in [0.5, 0.6) is 0 Å². The first-order valence-electron chi connectivity index (χ1n) is 7.46. The van der Waals surface area contributed by atoms with Crippen LogP contribution in [0.15, 0.2) is 54.6 Å². The lowest BCUT2D eigenvalue weighted by molar-refractivity contribution is 0.141. The van der Waals surface area contributed by atoms with E-state index >= 15 is 0 Å². The summed E-state index contributed by atoms with van der Waals surface area (Å²) in [6.45, 7) is 0.598. The highest BCUT2D eigenvalue weighted by molar-refractivity contribution is 6.33. The summed E-state index contributed by atoms with van der Waals surface area (Å²) in [6, 6.07) is 15.8. The van der Waals surface area contributed by atoms with Gasteiger partial charge >= 0.3 is 12.1 Å². The summed E-state index contributed by atoms with van der Waals surface area (Å²) in [5, 5.41) is 5.79. The van der Waals surface area contributed by atoms with Gasteiger partial charge in [-0.2, -0.15) is 0 Å². The Kier molecular flexibility index (Phi) is 4.86. The van der Waals surface area contributed by atoms with Crippen molar-refractivity contribution >= 4 is 35.1 Å².